The van der Waals surface area contributed by atoms with Crippen molar-refractivity contribution in [2.45, 2.75) is 6.92 Å². The fraction of sp³-hybridized carbons (Fsp3) is 0.111. The summed E-state index contributed by atoms with van der Waals surface area (Å²) in [6, 6.07) is 6.97. The first-order valence-corrected chi connectivity index (χ1v) is 7.48. The zero-order valence-corrected chi connectivity index (χ0v) is 12.8. The second-order valence-corrected chi connectivity index (χ2v) is 6.00. The molecule has 1 unspecified atom stereocenters. The number of nitrogens with zero attached hydrogens (tertiary/aromatic N) is 1. The molecule has 1 atom stereocenters. The summed E-state index contributed by atoms with van der Waals surface area (Å²) in [5, 5.41) is 0.322. The van der Waals surface area contributed by atoms with Gasteiger partial charge in [0.05, 0.1) is 17.2 Å². The molecule has 2 aliphatic carbocycles. The maximum absolute atomic E-state index is 12.8. The first-order chi connectivity index (χ1) is 11.0. The van der Waals surface area contributed by atoms with Gasteiger partial charge >= 0.3 is 0 Å². The second kappa shape index (κ2) is 4.70. The summed E-state index contributed by atoms with van der Waals surface area (Å²) in [6.45, 7) is 1.34. The maximum Gasteiger partial charge on any atom is 0.281 e. The lowest BCUT2D eigenvalue weighted by atomic mass is 9.68. The average Bonchev–Trinajstić information content (AvgIpc) is 2.52. The van der Waals surface area contributed by atoms with Gasteiger partial charge in [0.2, 0.25) is 0 Å². The summed E-state index contributed by atoms with van der Waals surface area (Å²) in [5.74, 6) is -1.66. The third-order valence-electron chi connectivity index (χ3n) is 4.30. The van der Waals surface area contributed by atoms with Crippen LogP contribution in [0.4, 0.5) is 0 Å². The molecule has 1 aliphatic heterocycles. The molecule has 0 N–H and O–H groups in total. The first kappa shape index (κ1) is 14.0. The molecule has 23 heavy (non-hydrogen) atoms. The maximum atomic E-state index is 12.8. The van der Waals surface area contributed by atoms with E-state index < -0.39 is 11.8 Å². The van der Waals surface area contributed by atoms with Crippen LogP contribution >= 0.6 is 11.6 Å². The number of benzene rings is 1. The van der Waals surface area contributed by atoms with E-state index in [-0.39, 0.29) is 17.1 Å². The minimum absolute atomic E-state index is 0.0379. The molecule has 4 rings (SSSR count). The van der Waals surface area contributed by atoms with Crippen LogP contribution in [0.2, 0.25) is 0 Å². The zero-order chi connectivity index (χ0) is 16.3. The molecule has 0 fully saturated rings. The highest BCUT2D eigenvalue weighted by Crippen LogP contribution is 2.47. The van der Waals surface area contributed by atoms with Crippen LogP contribution in [0.3, 0.4) is 0 Å². The quantitative estimate of drug-likeness (QED) is 0.746. The van der Waals surface area contributed by atoms with Gasteiger partial charge in [0, 0.05) is 16.2 Å². The number of hydrogen-bond donors (Lipinski definition) is 0. The number of allylic oxidation sites excluding steroid dienone is 5. The number of halogens is 1. The molecule has 0 saturated heterocycles. The molecule has 1 aromatic carbocycles. The molecule has 0 spiro atoms. The highest BCUT2D eigenvalue weighted by molar-refractivity contribution is 6.41. The van der Waals surface area contributed by atoms with Crippen molar-refractivity contribution in [3.63, 3.8) is 0 Å². The summed E-state index contributed by atoms with van der Waals surface area (Å²) in [4.78, 5) is 41.2. The Hall–Kier alpha value is -2.59. The predicted molar refractivity (Wildman–Crippen MR) is 86.3 cm³/mol. The van der Waals surface area contributed by atoms with Crippen molar-refractivity contribution in [2.75, 3.05) is 0 Å². The monoisotopic (exact) mass is 323 g/mol. The number of Topliss-reactive ketones (excluding diaryl/α,β-unsaturated/α-hetero) is 2. The summed E-state index contributed by atoms with van der Waals surface area (Å²) in [7, 11) is 0. The lowest BCUT2D eigenvalue weighted by Crippen LogP contribution is -2.36. The van der Waals surface area contributed by atoms with Gasteiger partial charge in [-0.25, -0.2) is 4.99 Å². The number of ketones is 2. The third-order valence-corrected chi connectivity index (χ3v) is 4.63. The Kier molecular flexibility index (Phi) is 2.87. The predicted octanol–water partition coefficient (Wildman–Crippen LogP) is 2.89. The van der Waals surface area contributed by atoms with E-state index in [1.165, 1.54) is 6.92 Å². The molecular formula is C18H10ClNO3. The number of dihydropyridines is 1. The summed E-state index contributed by atoms with van der Waals surface area (Å²) in [6.07, 6.45) is 3.20. The Labute approximate surface area is 136 Å². The largest absolute Gasteiger partial charge is 0.294 e. The molecule has 5 heteroatoms. The minimum atomic E-state index is -0.565. The van der Waals surface area contributed by atoms with E-state index in [0.29, 0.717) is 33.0 Å². The average molecular weight is 324 g/mol. The summed E-state index contributed by atoms with van der Waals surface area (Å²) in [5.41, 5.74) is 2.48. The number of carbonyl (C=O) groups is 3. The highest BCUT2D eigenvalue weighted by atomic mass is 35.5. The van der Waals surface area contributed by atoms with Crippen LogP contribution in [-0.2, 0) is 9.59 Å². The lowest BCUT2D eigenvalue weighted by Gasteiger charge is -2.35. The number of carbonyl (C=O) groups excluding carboxylic acids is 3. The molecule has 112 valence electrons. The van der Waals surface area contributed by atoms with E-state index in [4.69, 9.17) is 11.6 Å². The molecule has 0 bridgehead atoms. The van der Waals surface area contributed by atoms with E-state index in [9.17, 15) is 14.4 Å². The van der Waals surface area contributed by atoms with Crippen molar-refractivity contribution in [3.05, 3.63) is 63.7 Å². The van der Waals surface area contributed by atoms with Crippen molar-refractivity contribution in [1.82, 2.24) is 0 Å². The van der Waals surface area contributed by atoms with Gasteiger partial charge in [-0.2, -0.15) is 0 Å². The molecule has 0 saturated carbocycles. The van der Waals surface area contributed by atoms with E-state index in [0.717, 1.165) is 0 Å². The Morgan fingerprint density at radius 2 is 1.78 bits per heavy atom. The van der Waals surface area contributed by atoms with E-state index in [1.807, 2.05) is 0 Å². The van der Waals surface area contributed by atoms with Crippen molar-refractivity contribution in [2.24, 2.45) is 10.9 Å². The second-order valence-electron chi connectivity index (χ2n) is 5.59. The normalized spacial score (nSPS) is 22.0. The molecule has 4 nitrogen and oxygen atoms in total. The molecular weight excluding hydrogens is 314 g/mol. The van der Waals surface area contributed by atoms with Gasteiger partial charge in [-0.15, -0.1) is 0 Å². The van der Waals surface area contributed by atoms with Crippen molar-refractivity contribution in [1.29, 1.82) is 0 Å². The zero-order valence-electron chi connectivity index (χ0n) is 12.1. The van der Waals surface area contributed by atoms with Gasteiger partial charge in [-0.05, 0) is 30.2 Å². The van der Waals surface area contributed by atoms with Crippen LogP contribution in [0.5, 0.6) is 0 Å². The molecule has 3 aliphatic rings. The molecule has 1 aromatic rings. The molecule has 1 amide bonds. The Bertz CT molecular complexity index is 947. The number of rotatable bonds is 1. The van der Waals surface area contributed by atoms with Gasteiger partial charge in [0.1, 0.15) is 0 Å². The van der Waals surface area contributed by atoms with Gasteiger partial charge in [0.25, 0.3) is 5.91 Å². The van der Waals surface area contributed by atoms with Crippen LogP contribution < -0.4 is 0 Å². The summed E-state index contributed by atoms with van der Waals surface area (Å²) >= 11 is 6.25. The first-order valence-electron chi connectivity index (χ1n) is 7.10. The van der Waals surface area contributed by atoms with Crippen LogP contribution in [0.15, 0.2) is 57.6 Å². The lowest BCUT2D eigenvalue weighted by molar-refractivity contribution is -0.119. The van der Waals surface area contributed by atoms with Crippen molar-refractivity contribution in [3.8, 4) is 0 Å². The smallest absolute Gasteiger partial charge is 0.281 e. The van der Waals surface area contributed by atoms with E-state index >= 15 is 0 Å². The molecule has 0 aromatic heterocycles. The van der Waals surface area contributed by atoms with Gasteiger partial charge in [-0.3, -0.25) is 14.4 Å². The van der Waals surface area contributed by atoms with Crippen LogP contribution in [0.25, 0.3) is 5.57 Å². The van der Waals surface area contributed by atoms with Crippen molar-refractivity contribution < 1.29 is 14.4 Å². The Morgan fingerprint density at radius 3 is 2.48 bits per heavy atom. The Morgan fingerprint density at radius 1 is 1.09 bits per heavy atom. The van der Waals surface area contributed by atoms with E-state index in [1.54, 1.807) is 36.4 Å². The van der Waals surface area contributed by atoms with Crippen LogP contribution in [-0.4, -0.2) is 23.2 Å². The van der Waals surface area contributed by atoms with Crippen LogP contribution in [0.1, 0.15) is 22.8 Å². The highest BCUT2D eigenvalue weighted by Gasteiger charge is 2.44. The molecule has 0 radical (unpaired) electrons. The topological polar surface area (TPSA) is 63.6 Å². The fourth-order valence-corrected chi connectivity index (χ4v) is 3.65. The number of fused-ring (bicyclic) bond motifs is 2. The van der Waals surface area contributed by atoms with Crippen LogP contribution in [0, 0.1) is 5.92 Å². The standard InChI is InChI=1S/C18H10ClNO3/c1-8(21)13-14-9-4-2-3-5-10(9)17(22)15-11(19)6-7-12(16(14)15)20-18(13)23/h2-7,16H,1H3. The summed E-state index contributed by atoms with van der Waals surface area (Å²) < 4.78 is 0. The molecule has 1 heterocycles. The SMILES string of the molecule is CC(=O)C1=C2c3ccccc3C(=O)C3=C(Cl)C=CC(=NC1=O)C32. The third kappa shape index (κ3) is 1.79. The number of hydrogen-bond acceptors (Lipinski definition) is 3. The van der Waals surface area contributed by atoms with Gasteiger partial charge in [0.15, 0.2) is 11.6 Å². The van der Waals surface area contributed by atoms with Crippen molar-refractivity contribution >= 4 is 40.4 Å². The van der Waals surface area contributed by atoms with Gasteiger partial charge in [-0.1, -0.05) is 35.9 Å². The number of amides is 1. The minimum Gasteiger partial charge on any atom is -0.294 e. The number of aliphatic imine (C=N–C) groups is 1. The van der Waals surface area contributed by atoms with Gasteiger partial charge < -0.3 is 0 Å². The van der Waals surface area contributed by atoms with E-state index in [2.05, 4.69) is 4.99 Å². The fourth-order valence-electron chi connectivity index (χ4n) is 3.39. The Balaban J connectivity index is 2.17.